The predicted octanol–water partition coefficient (Wildman–Crippen LogP) is 2.79. The number of hydrogen-bond donors (Lipinski definition) is 1. The van der Waals surface area contributed by atoms with E-state index in [4.69, 9.17) is 11.6 Å². The molecule has 1 aromatic carbocycles. The van der Waals surface area contributed by atoms with Gasteiger partial charge in [0, 0.05) is 11.6 Å². The van der Waals surface area contributed by atoms with Gasteiger partial charge in [0.15, 0.2) is 0 Å². The van der Waals surface area contributed by atoms with Gasteiger partial charge in [0.05, 0.1) is 6.67 Å². The highest BCUT2D eigenvalue weighted by Crippen LogP contribution is 2.09. The van der Waals surface area contributed by atoms with Crippen LogP contribution < -0.4 is 5.32 Å². The predicted molar refractivity (Wildman–Crippen MR) is 53.8 cm³/mol. The Hall–Kier alpha value is -0.600. The Morgan fingerprint density at radius 3 is 2.92 bits per heavy atom. The lowest BCUT2D eigenvalue weighted by atomic mass is 10.2. The third-order valence-electron chi connectivity index (χ3n) is 1.71. The van der Waals surface area contributed by atoms with Gasteiger partial charge >= 0.3 is 0 Å². The van der Waals surface area contributed by atoms with E-state index in [0.29, 0.717) is 13.0 Å². The molecule has 1 N–H and O–H groups in total. The van der Waals surface area contributed by atoms with E-state index >= 15 is 0 Å². The first-order valence-electron chi connectivity index (χ1n) is 4.34. The Kier molecular flexibility index (Phi) is 4.79. The highest BCUT2D eigenvalue weighted by Gasteiger charge is 1.93. The van der Waals surface area contributed by atoms with Gasteiger partial charge in [-0.15, -0.1) is 0 Å². The van der Waals surface area contributed by atoms with E-state index < -0.39 is 0 Å². The fourth-order valence-corrected chi connectivity index (χ4v) is 1.28. The summed E-state index contributed by atoms with van der Waals surface area (Å²) in [5, 5.41) is 3.87. The first-order valence-corrected chi connectivity index (χ1v) is 4.72. The second-order valence-corrected chi connectivity index (χ2v) is 3.29. The van der Waals surface area contributed by atoms with Gasteiger partial charge in [-0.3, -0.25) is 4.39 Å². The molecule has 0 unspecified atom stereocenters. The minimum absolute atomic E-state index is 0.261. The molecule has 72 valence electrons. The van der Waals surface area contributed by atoms with E-state index in [2.05, 4.69) is 5.32 Å². The monoisotopic (exact) mass is 201 g/mol. The lowest BCUT2D eigenvalue weighted by molar-refractivity contribution is 0.459. The van der Waals surface area contributed by atoms with Crippen LogP contribution in [0.2, 0.25) is 5.02 Å². The Labute approximate surface area is 82.9 Å². The van der Waals surface area contributed by atoms with Crippen LogP contribution in [-0.2, 0) is 6.54 Å². The molecule has 3 heteroatoms. The number of rotatable bonds is 5. The minimum atomic E-state index is -0.261. The summed E-state index contributed by atoms with van der Waals surface area (Å²) < 4.78 is 11.7. The third kappa shape index (κ3) is 4.25. The maximum absolute atomic E-state index is 11.7. The molecule has 0 aromatic heterocycles. The molecular formula is C10H13ClFN. The number of nitrogens with one attached hydrogen (secondary N) is 1. The van der Waals surface area contributed by atoms with Crippen molar-refractivity contribution in [3.05, 3.63) is 34.9 Å². The van der Waals surface area contributed by atoms with Crippen LogP contribution in [0.4, 0.5) is 4.39 Å². The third-order valence-corrected chi connectivity index (χ3v) is 1.94. The molecule has 1 aromatic rings. The second kappa shape index (κ2) is 5.95. The summed E-state index contributed by atoms with van der Waals surface area (Å²) in [5.41, 5.74) is 1.13. The van der Waals surface area contributed by atoms with E-state index in [1.165, 1.54) is 0 Å². The average molecular weight is 202 g/mol. The van der Waals surface area contributed by atoms with Gasteiger partial charge in [0.25, 0.3) is 0 Å². The standard InChI is InChI=1S/C10H13ClFN/c11-10-4-1-3-9(7-10)8-13-6-2-5-12/h1,3-4,7,13H,2,5-6,8H2. The van der Waals surface area contributed by atoms with Crippen molar-refractivity contribution in [1.82, 2.24) is 5.32 Å². The van der Waals surface area contributed by atoms with Crippen LogP contribution in [0.3, 0.4) is 0 Å². The van der Waals surface area contributed by atoms with Crippen LogP contribution in [0, 0.1) is 0 Å². The molecule has 0 radical (unpaired) electrons. The summed E-state index contributed by atoms with van der Waals surface area (Å²) in [6, 6.07) is 7.65. The zero-order chi connectivity index (χ0) is 9.52. The summed E-state index contributed by atoms with van der Waals surface area (Å²) in [5.74, 6) is 0. The summed E-state index contributed by atoms with van der Waals surface area (Å²) >= 11 is 5.80. The molecule has 0 fully saturated rings. The van der Waals surface area contributed by atoms with Crippen molar-refractivity contribution >= 4 is 11.6 Å². The zero-order valence-corrected chi connectivity index (χ0v) is 8.15. The van der Waals surface area contributed by atoms with Crippen LogP contribution in [0.25, 0.3) is 0 Å². The lowest BCUT2D eigenvalue weighted by Crippen LogP contribution is -2.14. The van der Waals surface area contributed by atoms with E-state index in [1.807, 2.05) is 24.3 Å². The maximum atomic E-state index is 11.7. The molecule has 0 heterocycles. The first kappa shape index (κ1) is 10.5. The normalized spacial score (nSPS) is 10.3. The highest BCUT2D eigenvalue weighted by atomic mass is 35.5. The molecule has 0 saturated heterocycles. The summed E-state index contributed by atoms with van der Waals surface area (Å²) in [6.07, 6.45) is 0.570. The number of hydrogen-bond acceptors (Lipinski definition) is 1. The SMILES string of the molecule is FCCCNCc1cccc(Cl)c1. The summed E-state index contributed by atoms with van der Waals surface area (Å²) in [7, 11) is 0. The molecule has 0 spiro atoms. The zero-order valence-electron chi connectivity index (χ0n) is 7.39. The van der Waals surface area contributed by atoms with E-state index in [1.54, 1.807) is 0 Å². The molecule has 0 amide bonds. The van der Waals surface area contributed by atoms with Gasteiger partial charge < -0.3 is 5.32 Å². The van der Waals surface area contributed by atoms with E-state index in [0.717, 1.165) is 17.1 Å². The maximum Gasteiger partial charge on any atom is 0.0906 e. The van der Waals surface area contributed by atoms with Crippen molar-refractivity contribution in [2.24, 2.45) is 0 Å². The number of halogens is 2. The van der Waals surface area contributed by atoms with E-state index in [-0.39, 0.29) is 6.67 Å². The minimum Gasteiger partial charge on any atom is -0.313 e. The fraction of sp³-hybridized carbons (Fsp3) is 0.400. The Balaban J connectivity index is 2.28. The van der Waals surface area contributed by atoms with Crippen molar-refractivity contribution < 1.29 is 4.39 Å². The largest absolute Gasteiger partial charge is 0.313 e. The molecule has 1 nitrogen and oxygen atoms in total. The number of benzene rings is 1. The lowest BCUT2D eigenvalue weighted by Gasteiger charge is -2.03. The van der Waals surface area contributed by atoms with E-state index in [9.17, 15) is 4.39 Å². The van der Waals surface area contributed by atoms with Crippen molar-refractivity contribution in [2.75, 3.05) is 13.2 Å². The number of alkyl halides is 1. The van der Waals surface area contributed by atoms with Crippen LogP contribution in [0.15, 0.2) is 24.3 Å². The molecule has 0 atom stereocenters. The van der Waals surface area contributed by atoms with Crippen molar-refractivity contribution in [2.45, 2.75) is 13.0 Å². The molecule has 0 aliphatic carbocycles. The summed E-state index contributed by atoms with van der Waals surface area (Å²) in [6.45, 7) is 1.20. The van der Waals surface area contributed by atoms with Gasteiger partial charge in [0.1, 0.15) is 0 Å². The van der Waals surface area contributed by atoms with Gasteiger partial charge in [-0.05, 0) is 30.7 Å². The Bertz CT molecular complexity index is 252. The molecule has 0 aliphatic rings. The van der Waals surface area contributed by atoms with Crippen LogP contribution in [0.1, 0.15) is 12.0 Å². The van der Waals surface area contributed by atoms with Crippen molar-refractivity contribution in [1.29, 1.82) is 0 Å². The van der Waals surface area contributed by atoms with Crippen molar-refractivity contribution in [3.8, 4) is 0 Å². The quantitative estimate of drug-likeness (QED) is 0.723. The highest BCUT2D eigenvalue weighted by molar-refractivity contribution is 6.30. The van der Waals surface area contributed by atoms with Crippen LogP contribution >= 0.6 is 11.6 Å². The second-order valence-electron chi connectivity index (χ2n) is 2.85. The van der Waals surface area contributed by atoms with Gasteiger partial charge in [-0.1, -0.05) is 23.7 Å². The molecule has 0 bridgehead atoms. The smallest absolute Gasteiger partial charge is 0.0906 e. The van der Waals surface area contributed by atoms with Gasteiger partial charge in [0.2, 0.25) is 0 Å². The first-order chi connectivity index (χ1) is 6.33. The summed E-state index contributed by atoms with van der Waals surface area (Å²) in [4.78, 5) is 0. The van der Waals surface area contributed by atoms with Crippen LogP contribution in [0.5, 0.6) is 0 Å². The van der Waals surface area contributed by atoms with Crippen LogP contribution in [-0.4, -0.2) is 13.2 Å². The molecule has 1 rings (SSSR count). The molecular weight excluding hydrogens is 189 g/mol. The van der Waals surface area contributed by atoms with Crippen molar-refractivity contribution in [3.63, 3.8) is 0 Å². The molecule has 0 saturated carbocycles. The fourth-order valence-electron chi connectivity index (χ4n) is 1.07. The Morgan fingerprint density at radius 1 is 1.38 bits per heavy atom. The Morgan fingerprint density at radius 2 is 2.23 bits per heavy atom. The average Bonchev–Trinajstić information content (AvgIpc) is 2.13. The van der Waals surface area contributed by atoms with Gasteiger partial charge in [-0.25, -0.2) is 0 Å². The topological polar surface area (TPSA) is 12.0 Å². The van der Waals surface area contributed by atoms with Gasteiger partial charge in [-0.2, -0.15) is 0 Å². The molecule has 0 aliphatic heterocycles. The molecule has 13 heavy (non-hydrogen) atoms.